The maximum atomic E-state index is 12.7. The lowest BCUT2D eigenvalue weighted by Gasteiger charge is -2.19. The Morgan fingerprint density at radius 2 is 1.81 bits per heavy atom. The lowest BCUT2D eigenvalue weighted by Crippen LogP contribution is -2.44. The van der Waals surface area contributed by atoms with Gasteiger partial charge in [0.15, 0.2) is 5.96 Å². The van der Waals surface area contributed by atoms with Gasteiger partial charge in [0.2, 0.25) is 11.8 Å². The molecule has 2 bridgehead atoms. The van der Waals surface area contributed by atoms with E-state index in [1.807, 2.05) is 6.92 Å². The molecule has 0 aromatic rings. The molecule has 0 aromatic carbocycles. The van der Waals surface area contributed by atoms with E-state index in [4.69, 9.17) is 0 Å². The molecule has 1 heterocycles. The first kappa shape index (κ1) is 22.1. The summed E-state index contributed by atoms with van der Waals surface area (Å²) < 4.78 is 0. The fourth-order valence-corrected chi connectivity index (χ4v) is 4.30. The number of aliphatic imine (C=N–C) groups is 1. The quantitative estimate of drug-likeness (QED) is 0.174. The second-order valence-corrected chi connectivity index (χ2v) is 7.41. The van der Waals surface area contributed by atoms with Crippen LogP contribution < -0.4 is 10.6 Å². The van der Waals surface area contributed by atoms with Gasteiger partial charge in [-0.3, -0.25) is 19.5 Å². The molecule has 0 radical (unpaired) electrons. The van der Waals surface area contributed by atoms with E-state index in [9.17, 15) is 9.59 Å². The van der Waals surface area contributed by atoms with Crippen LogP contribution in [0, 0.1) is 23.7 Å². The maximum absolute atomic E-state index is 12.7. The molecule has 2 amide bonds. The smallest absolute Gasteiger partial charge is 0.233 e. The Hall–Kier alpha value is -1.16. The number of halogens is 1. The van der Waals surface area contributed by atoms with Crippen LogP contribution in [-0.2, 0) is 9.59 Å². The highest BCUT2D eigenvalue weighted by Gasteiger charge is 2.58. The number of fused-ring (bicyclic) bond motifs is 5. The molecular formula is C19H32IN5O2. The standard InChI is InChI=1S/C19H31N5O2.HI/c1-4-20-19(21-8-10-23(3)5-2)22-9-11-24-17(25)15-13-6-7-14(12-13)16(15)18(24)26;/h6-7,13-16H,4-5,8-12H2,1-3H3,(H2,20,21,22);1H. The zero-order chi connectivity index (χ0) is 18.7. The van der Waals surface area contributed by atoms with Crippen LogP contribution in [0.25, 0.3) is 0 Å². The molecule has 8 heteroatoms. The molecule has 4 atom stereocenters. The second kappa shape index (κ2) is 9.86. The average molecular weight is 489 g/mol. The Balaban J connectivity index is 0.00000261. The third kappa shape index (κ3) is 4.64. The van der Waals surface area contributed by atoms with Crippen molar-refractivity contribution in [1.82, 2.24) is 20.4 Å². The topological polar surface area (TPSA) is 77.0 Å². The minimum absolute atomic E-state index is 0. The van der Waals surface area contributed by atoms with Gasteiger partial charge in [-0.15, -0.1) is 24.0 Å². The predicted molar refractivity (Wildman–Crippen MR) is 117 cm³/mol. The van der Waals surface area contributed by atoms with Crippen LogP contribution in [0.2, 0.25) is 0 Å². The molecule has 0 spiro atoms. The van der Waals surface area contributed by atoms with Crippen molar-refractivity contribution in [2.24, 2.45) is 28.7 Å². The number of likely N-dealkylation sites (tertiary alicyclic amines) is 1. The molecule has 3 rings (SSSR count). The largest absolute Gasteiger partial charge is 0.357 e. The number of rotatable bonds is 8. The van der Waals surface area contributed by atoms with Gasteiger partial charge >= 0.3 is 0 Å². The van der Waals surface area contributed by atoms with Gasteiger partial charge in [-0.2, -0.15) is 0 Å². The number of hydrogen-bond donors (Lipinski definition) is 2. The van der Waals surface area contributed by atoms with Crippen LogP contribution in [0.3, 0.4) is 0 Å². The van der Waals surface area contributed by atoms with Gasteiger partial charge in [0.25, 0.3) is 0 Å². The number of carbonyl (C=O) groups is 2. The summed E-state index contributed by atoms with van der Waals surface area (Å²) in [5, 5.41) is 6.45. The van der Waals surface area contributed by atoms with Gasteiger partial charge < -0.3 is 15.5 Å². The highest BCUT2D eigenvalue weighted by molar-refractivity contribution is 14.0. The summed E-state index contributed by atoms with van der Waals surface area (Å²) in [5.41, 5.74) is 0. The Morgan fingerprint density at radius 1 is 1.19 bits per heavy atom. The molecular weight excluding hydrogens is 457 g/mol. The van der Waals surface area contributed by atoms with Gasteiger partial charge in [-0.05, 0) is 38.8 Å². The van der Waals surface area contributed by atoms with Crippen LogP contribution in [0.15, 0.2) is 17.1 Å². The molecule has 27 heavy (non-hydrogen) atoms. The molecule has 2 N–H and O–H groups in total. The highest BCUT2D eigenvalue weighted by atomic mass is 127. The lowest BCUT2D eigenvalue weighted by atomic mass is 9.85. The molecule has 4 unspecified atom stereocenters. The number of imide groups is 1. The van der Waals surface area contributed by atoms with Crippen LogP contribution in [-0.4, -0.2) is 73.9 Å². The van der Waals surface area contributed by atoms with E-state index in [0.29, 0.717) is 19.6 Å². The minimum Gasteiger partial charge on any atom is -0.357 e. The lowest BCUT2D eigenvalue weighted by molar-refractivity contribution is -0.140. The summed E-state index contributed by atoms with van der Waals surface area (Å²) in [7, 11) is 2.07. The molecule has 3 aliphatic rings. The Morgan fingerprint density at radius 3 is 2.37 bits per heavy atom. The number of nitrogens with one attached hydrogen (secondary N) is 2. The molecule has 7 nitrogen and oxygen atoms in total. The summed E-state index contributed by atoms with van der Waals surface area (Å²) in [6, 6.07) is 0. The number of hydrogen-bond acceptors (Lipinski definition) is 4. The zero-order valence-electron chi connectivity index (χ0n) is 16.5. The Labute approximate surface area is 179 Å². The van der Waals surface area contributed by atoms with Crippen LogP contribution in [0.4, 0.5) is 0 Å². The van der Waals surface area contributed by atoms with Crippen LogP contribution in [0.5, 0.6) is 0 Å². The van der Waals surface area contributed by atoms with Gasteiger partial charge in [-0.1, -0.05) is 19.1 Å². The Bertz CT molecular complexity index is 579. The number of allylic oxidation sites excluding steroid dienone is 2. The molecule has 1 aliphatic heterocycles. The SMILES string of the molecule is CCNC(=NCCN(C)CC)NCCN1C(=O)C2C3C=CC(C3)C2C1=O.I. The number of amides is 2. The number of guanidine groups is 1. The fraction of sp³-hybridized carbons (Fsp3) is 0.737. The van der Waals surface area contributed by atoms with Gasteiger partial charge in [0, 0.05) is 26.2 Å². The number of carbonyl (C=O) groups excluding carboxylic acids is 2. The third-order valence-corrected chi connectivity index (χ3v) is 5.83. The molecule has 1 saturated carbocycles. The van der Waals surface area contributed by atoms with Crippen molar-refractivity contribution in [3.63, 3.8) is 0 Å². The second-order valence-electron chi connectivity index (χ2n) is 7.41. The highest BCUT2D eigenvalue weighted by Crippen LogP contribution is 2.52. The molecule has 2 fully saturated rings. The van der Waals surface area contributed by atoms with Gasteiger partial charge in [0.05, 0.1) is 18.4 Å². The van der Waals surface area contributed by atoms with E-state index in [0.717, 1.165) is 32.0 Å². The fourth-order valence-electron chi connectivity index (χ4n) is 4.30. The van der Waals surface area contributed by atoms with E-state index < -0.39 is 0 Å². The molecule has 0 aromatic heterocycles. The van der Waals surface area contributed by atoms with Crippen molar-refractivity contribution in [2.45, 2.75) is 20.3 Å². The van der Waals surface area contributed by atoms with Crippen molar-refractivity contribution in [3.05, 3.63) is 12.2 Å². The van der Waals surface area contributed by atoms with E-state index in [1.54, 1.807) is 0 Å². The normalized spacial score (nSPS) is 28.7. The van der Waals surface area contributed by atoms with E-state index in [1.165, 1.54) is 4.90 Å². The van der Waals surface area contributed by atoms with Gasteiger partial charge in [0.1, 0.15) is 0 Å². The van der Waals surface area contributed by atoms with Crippen molar-refractivity contribution >= 4 is 41.8 Å². The molecule has 152 valence electrons. The third-order valence-electron chi connectivity index (χ3n) is 5.83. The van der Waals surface area contributed by atoms with Crippen molar-refractivity contribution < 1.29 is 9.59 Å². The average Bonchev–Trinajstić information content (AvgIpc) is 3.30. The predicted octanol–water partition coefficient (Wildman–Crippen LogP) is 0.918. The van der Waals surface area contributed by atoms with Crippen molar-refractivity contribution in [1.29, 1.82) is 0 Å². The van der Waals surface area contributed by atoms with Crippen molar-refractivity contribution in [2.75, 3.05) is 46.3 Å². The first-order valence-corrected chi connectivity index (χ1v) is 9.81. The first-order valence-electron chi connectivity index (χ1n) is 9.81. The first-order chi connectivity index (χ1) is 12.6. The monoisotopic (exact) mass is 489 g/mol. The number of nitrogens with zero attached hydrogens (tertiary/aromatic N) is 3. The zero-order valence-corrected chi connectivity index (χ0v) is 18.8. The summed E-state index contributed by atoms with van der Waals surface area (Å²) in [6.45, 7) is 8.45. The van der Waals surface area contributed by atoms with Crippen molar-refractivity contribution in [3.8, 4) is 0 Å². The summed E-state index contributed by atoms with van der Waals surface area (Å²) >= 11 is 0. The summed E-state index contributed by atoms with van der Waals surface area (Å²) in [6.07, 6.45) is 5.23. The Kier molecular flexibility index (Phi) is 8.08. The molecule has 1 saturated heterocycles. The summed E-state index contributed by atoms with van der Waals surface area (Å²) in [4.78, 5) is 33.5. The number of likely N-dealkylation sites (N-methyl/N-ethyl adjacent to an activating group) is 1. The molecule has 2 aliphatic carbocycles. The maximum Gasteiger partial charge on any atom is 0.233 e. The summed E-state index contributed by atoms with van der Waals surface area (Å²) in [5.74, 6) is 1.10. The van der Waals surface area contributed by atoms with Gasteiger partial charge in [-0.25, -0.2) is 0 Å². The van der Waals surface area contributed by atoms with E-state index in [-0.39, 0.29) is 59.5 Å². The minimum atomic E-state index is -0.107. The van der Waals surface area contributed by atoms with E-state index >= 15 is 0 Å². The van der Waals surface area contributed by atoms with Crippen LogP contribution in [0.1, 0.15) is 20.3 Å². The van der Waals surface area contributed by atoms with E-state index in [2.05, 4.69) is 46.6 Å². The van der Waals surface area contributed by atoms with Crippen LogP contribution >= 0.6 is 24.0 Å².